The predicted molar refractivity (Wildman–Crippen MR) is 131 cm³/mol. The van der Waals surface area contributed by atoms with E-state index in [1.807, 2.05) is 49.4 Å². The number of aliphatic hydroxyl groups is 1. The van der Waals surface area contributed by atoms with E-state index in [0.717, 1.165) is 65.1 Å². The van der Waals surface area contributed by atoms with Gasteiger partial charge in [-0.15, -0.1) is 0 Å². The van der Waals surface area contributed by atoms with Gasteiger partial charge in [0, 0.05) is 35.4 Å². The second-order valence-corrected chi connectivity index (χ2v) is 9.73. The summed E-state index contributed by atoms with van der Waals surface area (Å²) < 4.78 is 5.65. The van der Waals surface area contributed by atoms with E-state index in [4.69, 9.17) is 9.51 Å². The molecule has 7 heteroatoms. The number of benzene rings is 1. The van der Waals surface area contributed by atoms with Crippen molar-refractivity contribution >= 4 is 11.0 Å². The van der Waals surface area contributed by atoms with Gasteiger partial charge in [0.1, 0.15) is 11.6 Å². The van der Waals surface area contributed by atoms with Gasteiger partial charge >= 0.3 is 0 Å². The Hall–Kier alpha value is -3.84. The standard InChI is InChI=1S/C28H25N5O2/c1-16-24(25(33-35-16)17-8-9-17)19-14-20(26-21(15-19)31-27(32-26)18-10-11-18)28(34,22-6-2-4-12-29-22)23-7-3-5-13-30-23/h2-7,12-15,17-18,34H,8-11H2,1H3,(H,31,32). The fourth-order valence-corrected chi connectivity index (χ4v) is 5.04. The Morgan fingerprint density at radius 1 is 0.943 bits per heavy atom. The van der Waals surface area contributed by atoms with Crippen molar-refractivity contribution < 1.29 is 9.63 Å². The maximum absolute atomic E-state index is 12.6. The summed E-state index contributed by atoms with van der Waals surface area (Å²) in [6, 6.07) is 15.3. The fourth-order valence-electron chi connectivity index (χ4n) is 5.04. The number of fused-ring (bicyclic) bond motifs is 1. The van der Waals surface area contributed by atoms with E-state index in [-0.39, 0.29) is 0 Å². The lowest BCUT2D eigenvalue weighted by Crippen LogP contribution is -2.31. The van der Waals surface area contributed by atoms with Gasteiger partial charge in [0.2, 0.25) is 0 Å². The molecule has 2 saturated carbocycles. The third kappa shape index (κ3) is 3.30. The van der Waals surface area contributed by atoms with Crippen molar-refractivity contribution in [2.24, 2.45) is 0 Å². The summed E-state index contributed by atoms with van der Waals surface area (Å²) >= 11 is 0. The molecule has 0 amide bonds. The monoisotopic (exact) mass is 463 g/mol. The number of nitrogens with zero attached hydrogens (tertiary/aromatic N) is 4. The number of H-pyrrole nitrogens is 1. The van der Waals surface area contributed by atoms with Crippen LogP contribution in [0.1, 0.15) is 71.7 Å². The highest BCUT2D eigenvalue weighted by molar-refractivity contribution is 5.88. The summed E-state index contributed by atoms with van der Waals surface area (Å²) in [6.07, 6.45) is 7.89. The van der Waals surface area contributed by atoms with Crippen LogP contribution in [0.4, 0.5) is 0 Å². The van der Waals surface area contributed by atoms with Gasteiger partial charge in [0.15, 0.2) is 5.60 Å². The zero-order valence-corrected chi connectivity index (χ0v) is 19.4. The molecule has 0 saturated heterocycles. The summed E-state index contributed by atoms with van der Waals surface area (Å²) in [5.41, 5.74) is 4.60. The van der Waals surface area contributed by atoms with Gasteiger partial charge in [-0.3, -0.25) is 9.97 Å². The summed E-state index contributed by atoms with van der Waals surface area (Å²) in [4.78, 5) is 17.7. The lowest BCUT2D eigenvalue weighted by molar-refractivity contribution is 0.117. The molecule has 2 N–H and O–H groups in total. The Balaban J connectivity index is 1.54. The minimum absolute atomic E-state index is 0.427. The molecule has 2 fully saturated rings. The molecule has 0 unspecified atom stereocenters. The Bertz CT molecular complexity index is 1490. The number of aryl methyl sites for hydroxylation is 1. The molecule has 0 spiro atoms. The molecule has 7 rings (SSSR count). The maximum Gasteiger partial charge on any atom is 0.176 e. The number of hydrogen-bond donors (Lipinski definition) is 2. The van der Waals surface area contributed by atoms with Crippen LogP contribution in [0, 0.1) is 6.92 Å². The van der Waals surface area contributed by atoms with Crippen LogP contribution in [0.25, 0.3) is 22.2 Å². The van der Waals surface area contributed by atoms with E-state index in [0.29, 0.717) is 28.8 Å². The van der Waals surface area contributed by atoms with Crippen molar-refractivity contribution in [3.8, 4) is 11.1 Å². The van der Waals surface area contributed by atoms with Crippen LogP contribution in [0.15, 0.2) is 65.4 Å². The number of aromatic nitrogens is 5. The minimum Gasteiger partial charge on any atom is -0.373 e. The average Bonchev–Trinajstić information content (AvgIpc) is 3.84. The van der Waals surface area contributed by atoms with Crippen molar-refractivity contribution in [1.82, 2.24) is 25.1 Å². The van der Waals surface area contributed by atoms with Crippen molar-refractivity contribution in [2.75, 3.05) is 0 Å². The van der Waals surface area contributed by atoms with Gasteiger partial charge in [0.05, 0.1) is 28.1 Å². The largest absolute Gasteiger partial charge is 0.373 e. The van der Waals surface area contributed by atoms with E-state index in [9.17, 15) is 5.11 Å². The lowest BCUT2D eigenvalue weighted by atomic mass is 9.83. The van der Waals surface area contributed by atoms with E-state index < -0.39 is 5.60 Å². The van der Waals surface area contributed by atoms with Crippen LogP contribution in [0.2, 0.25) is 0 Å². The minimum atomic E-state index is -1.60. The van der Waals surface area contributed by atoms with E-state index in [2.05, 4.69) is 26.2 Å². The summed E-state index contributed by atoms with van der Waals surface area (Å²) in [7, 11) is 0. The highest BCUT2D eigenvalue weighted by atomic mass is 16.5. The Kier molecular flexibility index (Phi) is 4.45. The van der Waals surface area contributed by atoms with Crippen LogP contribution < -0.4 is 0 Å². The molecular formula is C28H25N5O2. The summed E-state index contributed by atoms with van der Waals surface area (Å²) in [5.74, 6) is 2.61. The molecule has 4 aromatic heterocycles. The fraction of sp³-hybridized carbons (Fsp3) is 0.286. The number of imidazole rings is 1. The molecule has 4 heterocycles. The molecule has 2 aliphatic rings. The molecule has 174 valence electrons. The Labute approximate surface area is 202 Å². The normalized spacial score (nSPS) is 16.2. The third-order valence-electron chi connectivity index (χ3n) is 7.17. The van der Waals surface area contributed by atoms with Gasteiger partial charge in [-0.2, -0.15) is 0 Å². The second-order valence-electron chi connectivity index (χ2n) is 9.73. The van der Waals surface area contributed by atoms with Gasteiger partial charge in [0.25, 0.3) is 0 Å². The summed E-state index contributed by atoms with van der Waals surface area (Å²) in [5, 5.41) is 16.9. The molecule has 5 aromatic rings. The van der Waals surface area contributed by atoms with Crippen molar-refractivity contribution in [2.45, 2.75) is 50.0 Å². The average molecular weight is 464 g/mol. The van der Waals surface area contributed by atoms with E-state index in [1.165, 1.54) is 0 Å². The zero-order valence-electron chi connectivity index (χ0n) is 19.4. The Morgan fingerprint density at radius 2 is 1.63 bits per heavy atom. The van der Waals surface area contributed by atoms with Crippen molar-refractivity contribution in [1.29, 1.82) is 0 Å². The predicted octanol–water partition coefficient (Wildman–Crippen LogP) is 5.36. The first kappa shape index (κ1) is 20.5. The molecular weight excluding hydrogens is 438 g/mol. The van der Waals surface area contributed by atoms with Gasteiger partial charge in [-0.05, 0) is 74.6 Å². The molecule has 0 radical (unpaired) electrons. The van der Waals surface area contributed by atoms with Gasteiger partial charge in [-0.25, -0.2) is 4.98 Å². The molecule has 0 aliphatic heterocycles. The molecule has 1 aromatic carbocycles. The molecule has 0 atom stereocenters. The van der Waals surface area contributed by atoms with Crippen molar-refractivity contribution in [3.05, 3.63) is 95.2 Å². The molecule has 0 bridgehead atoms. The lowest BCUT2D eigenvalue weighted by Gasteiger charge is -2.28. The van der Waals surface area contributed by atoms with Gasteiger partial charge < -0.3 is 14.6 Å². The van der Waals surface area contributed by atoms with E-state index >= 15 is 0 Å². The number of nitrogens with one attached hydrogen (secondary N) is 1. The van der Waals surface area contributed by atoms with Crippen LogP contribution in [-0.4, -0.2) is 30.2 Å². The first-order chi connectivity index (χ1) is 17.1. The first-order valence-corrected chi connectivity index (χ1v) is 12.2. The quantitative estimate of drug-likeness (QED) is 0.352. The van der Waals surface area contributed by atoms with Crippen LogP contribution in [0.5, 0.6) is 0 Å². The number of rotatable bonds is 6. The highest BCUT2D eigenvalue weighted by Gasteiger charge is 2.41. The summed E-state index contributed by atoms with van der Waals surface area (Å²) in [6.45, 7) is 1.95. The molecule has 35 heavy (non-hydrogen) atoms. The van der Waals surface area contributed by atoms with Crippen LogP contribution in [0.3, 0.4) is 0 Å². The number of pyridine rings is 2. The SMILES string of the molecule is Cc1onc(C2CC2)c1-c1cc(C(O)(c2ccccn2)c2ccccn2)c2nc(C3CC3)[nH]c2c1. The second kappa shape index (κ2) is 7.58. The topological polar surface area (TPSA) is 101 Å². The maximum atomic E-state index is 12.6. The van der Waals surface area contributed by atoms with Crippen LogP contribution >= 0.6 is 0 Å². The smallest absolute Gasteiger partial charge is 0.176 e. The first-order valence-electron chi connectivity index (χ1n) is 12.2. The Morgan fingerprint density at radius 3 is 2.23 bits per heavy atom. The van der Waals surface area contributed by atoms with Crippen molar-refractivity contribution in [3.63, 3.8) is 0 Å². The van der Waals surface area contributed by atoms with Crippen LogP contribution in [-0.2, 0) is 5.60 Å². The van der Waals surface area contributed by atoms with E-state index in [1.54, 1.807) is 12.4 Å². The molecule has 7 nitrogen and oxygen atoms in total. The highest BCUT2D eigenvalue weighted by Crippen LogP contribution is 2.47. The number of aromatic amines is 1. The zero-order chi connectivity index (χ0) is 23.6. The van der Waals surface area contributed by atoms with Gasteiger partial charge in [-0.1, -0.05) is 17.3 Å². The number of hydrogen-bond acceptors (Lipinski definition) is 6. The third-order valence-corrected chi connectivity index (χ3v) is 7.17. The molecule has 2 aliphatic carbocycles.